The summed E-state index contributed by atoms with van der Waals surface area (Å²) >= 11 is 0. The van der Waals surface area contributed by atoms with Crippen LogP contribution in [-0.2, 0) is 44.9 Å². The number of carboxylic acids is 4. The molecule has 10 heteroatoms. The minimum absolute atomic E-state index is 0.0969. The molecule has 148 valence electrons. The zero-order valence-electron chi connectivity index (χ0n) is 14.6. The van der Waals surface area contributed by atoms with Gasteiger partial charge in [0.2, 0.25) is 0 Å². The van der Waals surface area contributed by atoms with Crippen LogP contribution in [0.2, 0.25) is 0 Å². The molecule has 2 rings (SSSR count). The molecule has 0 unspecified atom stereocenters. The van der Waals surface area contributed by atoms with E-state index in [0.717, 1.165) is 0 Å². The van der Waals surface area contributed by atoms with Crippen molar-refractivity contribution in [1.29, 1.82) is 0 Å². The zero-order chi connectivity index (χ0) is 21.1. The Kier molecular flexibility index (Phi) is 8.74. The lowest BCUT2D eigenvalue weighted by atomic mass is 10.1. The van der Waals surface area contributed by atoms with Crippen LogP contribution in [-0.4, -0.2) is 54.3 Å². The molecule has 0 amide bonds. The monoisotopic (exact) mass is 390 g/mol. The van der Waals surface area contributed by atoms with Crippen LogP contribution in [0, 0.1) is 0 Å². The largest absolute Gasteiger partial charge is 0.481 e. The molecular weight excluding hydrogens is 372 g/mol. The van der Waals surface area contributed by atoms with Crippen molar-refractivity contribution < 1.29 is 39.6 Å². The van der Waals surface area contributed by atoms with Crippen LogP contribution >= 0.6 is 0 Å². The third kappa shape index (κ3) is 9.61. The van der Waals surface area contributed by atoms with Crippen molar-refractivity contribution in [1.82, 2.24) is 9.97 Å². The van der Waals surface area contributed by atoms with Crippen LogP contribution in [0.15, 0.2) is 36.8 Å². The fraction of sp³-hybridized carbons (Fsp3) is 0.222. The SMILES string of the molecule is O=C(O)Cc1ccc(CC(=O)O)nc1.O=C(O)Cc1cncc(CC(=O)O)c1. The van der Waals surface area contributed by atoms with Crippen molar-refractivity contribution in [3.05, 3.63) is 59.2 Å². The van der Waals surface area contributed by atoms with Crippen LogP contribution in [0.1, 0.15) is 22.4 Å². The Morgan fingerprint density at radius 1 is 0.643 bits per heavy atom. The number of hydrogen-bond acceptors (Lipinski definition) is 6. The van der Waals surface area contributed by atoms with Gasteiger partial charge >= 0.3 is 23.9 Å². The van der Waals surface area contributed by atoms with Crippen molar-refractivity contribution >= 4 is 23.9 Å². The quantitative estimate of drug-likeness (QED) is 0.501. The summed E-state index contributed by atoms with van der Waals surface area (Å²) < 4.78 is 0. The van der Waals surface area contributed by atoms with Crippen molar-refractivity contribution in [3.8, 4) is 0 Å². The molecule has 28 heavy (non-hydrogen) atoms. The first kappa shape index (κ1) is 22.2. The molecule has 2 aromatic heterocycles. The lowest BCUT2D eigenvalue weighted by molar-refractivity contribution is -0.137. The smallest absolute Gasteiger partial charge is 0.309 e. The van der Waals surface area contributed by atoms with Gasteiger partial charge < -0.3 is 20.4 Å². The van der Waals surface area contributed by atoms with E-state index in [9.17, 15) is 19.2 Å². The van der Waals surface area contributed by atoms with Crippen LogP contribution < -0.4 is 0 Å². The number of carbonyl (C=O) groups is 4. The van der Waals surface area contributed by atoms with Crippen LogP contribution in [0.4, 0.5) is 0 Å². The topological polar surface area (TPSA) is 175 Å². The molecule has 0 bridgehead atoms. The van der Waals surface area contributed by atoms with Gasteiger partial charge in [-0.25, -0.2) is 0 Å². The summed E-state index contributed by atoms with van der Waals surface area (Å²) in [7, 11) is 0. The number of nitrogens with zero attached hydrogens (tertiary/aromatic N) is 2. The summed E-state index contributed by atoms with van der Waals surface area (Å²) in [6, 6.07) is 4.63. The van der Waals surface area contributed by atoms with Crippen molar-refractivity contribution in [2.45, 2.75) is 25.7 Å². The normalized spacial score (nSPS) is 9.71. The van der Waals surface area contributed by atoms with Crippen LogP contribution in [0.25, 0.3) is 0 Å². The molecule has 0 aromatic carbocycles. The minimum Gasteiger partial charge on any atom is -0.481 e. The maximum absolute atomic E-state index is 10.4. The Bertz CT molecular complexity index is 783. The Morgan fingerprint density at radius 2 is 1.11 bits per heavy atom. The number of pyridine rings is 2. The van der Waals surface area contributed by atoms with E-state index in [4.69, 9.17) is 20.4 Å². The highest BCUT2D eigenvalue weighted by molar-refractivity contribution is 5.72. The second kappa shape index (κ2) is 11.0. The molecule has 0 saturated heterocycles. The molecule has 0 aliphatic carbocycles. The molecule has 2 aromatic rings. The van der Waals surface area contributed by atoms with Gasteiger partial charge in [-0.3, -0.25) is 29.1 Å². The lowest BCUT2D eigenvalue weighted by Gasteiger charge is -1.99. The number of rotatable bonds is 8. The highest BCUT2D eigenvalue weighted by Crippen LogP contribution is 2.04. The predicted octanol–water partition coefficient (Wildman–Crippen LogP) is 0.672. The molecule has 10 nitrogen and oxygen atoms in total. The summed E-state index contributed by atoms with van der Waals surface area (Å²) in [6.07, 6.45) is 3.69. The fourth-order valence-corrected chi connectivity index (χ4v) is 2.08. The van der Waals surface area contributed by atoms with Crippen molar-refractivity contribution in [3.63, 3.8) is 0 Å². The van der Waals surface area contributed by atoms with E-state index in [1.807, 2.05) is 0 Å². The van der Waals surface area contributed by atoms with Gasteiger partial charge in [0.25, 0.3) is 0 Å². The maximum atomic E-state index is 10.4. The van der Waals surface area contributed by atoms with Gasteiger partial charge in [0.15, 0.2) is 0 Å². The molecule has 0 spiro atoms. The lowest BCUT2D eigenvalue weighted by Crippen LogP contribution is -2.04. The van der Waals surface area contributed by atoms with Crippen molar-refractivity contribution in [2.24, 2.45) is 0 Å². The third-order valence-electron chi connectivity index (χ3n) is 3.14. The Morgan fingerprint density at radius 3 is 1.50 bits per heavy atom. The number of carboxylic acid groups (broad SMARTS) is 4. The molecule has 0 saturated carbocycles. The Hall–Kier alpha value is -3.82. The average Bonchev–Trinajstić information content (AvgIpc) is 2.55. The highest BCUT2D eigenvalue weighted by Gasteiger charge is 2.05. The maximum Gasteiger partial charge on any atom is 0.309 e. The Labute approximate surface area is 159 Å². The standard InChI is InChI=1S/2C9H9NO4/c11-8(12)2-6-1-7(3-9(13)14)5-10-4-6;11-8(12)3-6-1-2-7(10-5-6)4-9(13)14/h1,4-5H,2-3H2,(H,11,12)(H,13,14);1-2,5H,3-4H2,(H,11,12)(H,13,14). The summed E-state index contributed by atoms with van der Waals surface area (Å²) in [4.78, 5) is 48.9. The first-order valence-electron chi connectivity index (χ1n) is 7.89. The first-order valence-corrected chi connectivity index (χ1v) is 7.89. The van der Waals surface area contributed by atoms with Gasteiger partial charge in [-0.15, -0.1) is 0 Å². The van der Waals surface area contributed by atoms with E-state index in [1.54, 1.807) is 6.07 Å². The molecule has 2 heterocycles. The van der Waals surface area contributed by atoms with Gasteiger partial charge in [0.1, 0.15) is 0 Å². The highest BCUT2D eigenvalue weighted by atomic mass is 16.4. The van der Waals surface area contributed by atoms with Gasteiger partial charge in [-0.1, -0.05) is 12.1 Å². The molecule has 0 aliphatic rings. The second-order valence-corrected chi connectivity index (χ2v) is 5.64. The van der Waals surface area contributed by atoms with Crippen LogP contribution in [0.5, 0.6) is 0 Å². The number of aromatic nitrogens is 2. The molecular formula is C18H18N2O8. The molecule has 0 radical (unpaired) electrons. The molecule has 0 atom stereocenters. The Balaban J connectivity index is 0.000000280. The van der Waals surface area contributed by atoms with E-state index in [1.165, 1.54) is 30.7 Å². The van der Waals surface area contributed by atoms with Gasteiger partial charge in [0.05, 0.1) is 31.4 Å². The average molecular weight is 390 g/mol. The van der Waals surface area contributed by atoms with Gasteiger partial charge in [0, 0.05) is 18.6 Å². The first-order chi connectivity index (χ1) is 13.2. The molecule has 0 aliphatic heterocycles. The summed E-state index contributed by atoms with van der Waals surface area (Å²) in [6.45, 7) is 0. The summed E-state index contributed by atoms with van der Waals surface area (Å²) in [5.41, 5.74) is 2.01. The van der Waals surface area contributed by atoms with E-state index in [-0.39, 0.29) is 25.7 Å². The van der Waals surface area contributed by atoms with E-state index in [0.29, 0.717) is 22.4 Å². The minimum atomic E-state index is -0.959. The van der Waals surface area contributed by atoms with Gasteiger partial charge in [-0.05, 0) is 22.8 Å². The fourth-order valence-electron chi connectivity index (χ4n) is 2.08. The summed E-state index contributed by atoms with van der Waals surface area (Å²) in [5.74, 6) is -3.81. The van der Waals surface area contributed by atoms with E-state index < -0.39 is 23.9 Å². The molecule has 4 N–H and O–H groups in total. The third-order valence-corrected chi connectivity index (χ3v) is 3.14. The molecule has 0 fully saturated rings. The van der Waals surface area contributed by atoms with E-state index in [2.05, 4.69) is 9.97 Å². The van der Waals surface area contributed by atoms with Crippen LogP contribution in [0.3, 0.4) is 0 Å². The second-order valence-electron chi connectivity index (χ2n) is 5.64. The van der Waals surface area contributed by atoms with Gasteiger partial charge in [-0.2, -0.15) is 0 Å². The van der Waals surface area contributed by atoms with Crippen molar-refractivity contribution in [2.75, 3.05) is 0 Å². The summed E-state index contributed by atoms with van der Waals surface area (Å²) in [5, 5.41) is 33.9. The number of hydrogen-bond donors (Lipinski definition) is 4. The van der Waals surface area contributed by atoms with E-state index >= 15 is 0 Å². The number of aliphatic carboxylic acids is 4. The zero-order valence-corrected chi connectivity index (χ0v) is 14.6. The predicted molar refractivity (Wildman–Crippen MR) is 93.8 cm³/mol.